The maximum Gasteiger partial charge on any atom is 0.269 e. The molecule has 0 aliphatic rings. The first-order valence-electron chi connectivity index (χ1n) is 10.8. The van der Waals surface area contributed by atoms with Crippen LogP contribution in [0.25, 0.3) is 16.8 Å². The van der Waals surface area contributed by atoms with Gasteiger partial charge in [-0.1, -0.05) is 60.2 Å². The molecule has 1 N–H and O–H groups in total. The zero-order chi connectivity index (χ0) is 24.8. The van der Waals surface area contributed by atoms with Crippen molar-refractivity contribution in [1.29, 1.82) is 5.26 Å². The van der Waals surface area contributed by atoms with Gasteiger partial charge >= 0.3 is 0 Å². The molecule has 0 aromatic heterocycles. The molecule has 0 bridgehead atoms. The molecule has 4 aromatic carbocycles. The van der Waals surface area contributed by atoms with E-state index >= 15 is 0 Å². The quantitative estimate of drug-likeness (QED) is 0.152. The molecule has 0 atom stereocenters. The number of nitriles is 1. The van der Waals surface area contributed by atoms with Gasteiger partial charge in [-0.25, -0.2) is 0 Å². The molecule has 0 aliphatic heterocycles. The Kier molecular flexibility index (Phi) is 6.84. The van der Waals surface area contributed by atoms with Crippen molar-refractivity contribution in [2.24, 2.45) is 0 Å². The van der Waals surface area contributed by atoms with Crippen LogP contribution in [0.5, 0.6) is 5.75 Å². The van der Waals surface area contributed by atoms with E-state index in [1.165, 1.54) is 18.2 Å². The van der Waals surface area contributed by atoms with Gasteiger partial charge in [-0.2, -0.15) is 5.26 Å². The number of aryl methyl sites for hydroxylation is 1. The van der Waals surface area contributed by atoms with Gasteiger partial charge in [0.25, 0.3) is 11.6 Å². The third kappa shape index (κ3) is 5.52. The number of hydrogen-bond donors (Lipinski definition) is 1. The lowest BCUT2D eigenvalue weighted by molar-refractivity contribution is -0.384. The Morgan fingerprint density at radius 2 is 1.83 bits per heavy atom. The molecule has 1 amide bonds. The first-order valence-corrected chi connectivity index (χ1v) is 10.8. The second kappa shape index (κ2) is 10.3. The number of benzene rings is 4. The first-order chi connectivity index (χ1) is 16.9. The van der Waals surface area contributed by atoms with Crippen LogP contribution < -0.4 is 10.1 Å². The molecule has 0 saturated heterocycles. The lowest BCUT2D eigenvalue weighted by Gasteiger charge is -2.13. The molecule has 0 fully saturated rings. The monoisotopic (exact) mass is 463 g/mol. The summed E-state index contributed by atoms with van der Waals surface area (Å²) >= 11 is 0. The van der Waals surface area contributed by atoms with Crippen molar-refractivity contribution in [2.75, 3.05) is 5.32 Å². The summed E-state index contributed by atoms with van der Waals surface area (Å²) in [5.74, 6) is -0.0833. The molecule has 35 heavy (non-hydrogen) atoms. The van der Waals surface area contributed by atoms with E-state index in [0.29, 0.717) is 22.6 Å². The third-order valence-electron chi connectivity index (χ3n) is 5.41. The summed E-state index contributed by atoms with van der Waals surface area (Å²) in [5.41, 5.74) is 2.73. The number of non-ortho nitro benzene ring substituents is 1. The average Bonchev–Trinajstić information content (AvgIpc) is 2.87. The smallest absolute Gasteiger partial charge is 0.269 e. The molecule has 4 rings (SSSR count). The number of ether oxygens (including phenoxy) is 1. The molecule has 0 aliphatic carbocycles. The van der Waals surface area contributed by atoms with Crippen molar-refractivity contribution >= 4 is 34.1 Å². The predicted octanol–water partition coefficient (Wildman–Crippen LogP) is 6.18. The van der Waals surface area contributed by atoms with Crippen LogP contribution >= 0.6 is 0 Å². The Morgan fingerprint density at radius 1 is 1.06 bits per heavy atom. The van der Waals surface area contributed by atoms with E-state index in [2.05, 4.69) is 5.32 Å². The van der Waals surface area contributed by atoms with E-state index in [9.17, 15) is 20.2 Å². The molecule has 0 radical (unpaired) electrons. The van der Waals surface area contributed by atoms with Crippen molar-refractivity contribution in [1.82, 2.24) is 0 Å². The molecule has 0 saturated carbocycles. The molecule has 0 unspecified atom stereocenters. The number of rotatable bonds is 7. The number of carbonyl (C=O) groups is 1. The van der Waals surface area contributed by atoms with E-state index in [0.717, 1.165) is 16.3 Å². The van der Waals surface area contributed by atoms with Gasteiger partial charge in [0.15, 0.2) is 0 Å². The Balaban J connectivity index is 1.68. The van der Waals surface area contributed by atoms with Crippen LogP contribution in [0, 0.1) is 28.4 Å². The summed E-state index contributed by atoms with van der Waals surface area (Å²) in [5, 5.41) is 25.3. The minimum atomic E-state index is -0.533. The molecule has 172 valence electrons. The van der Waals surface area contributed by atoms with E-state index in [1.54, 1.807) is 30.3 Å². The minimum Gasteiger partial charge on any atom is -0.488 e. The number of carbonyl (C=O) groups excluding carboxylic acids is 1. The molecule has 4 aromatic rings. The van der Waals surface area contributed by atoms with E-state index < -0.39 is 10.8 Å². The number of nitrogens with zero attached hydrogens (tertiary/aromatic N) is 2. The number of nitro groups is 1. The predicted molar refractivity (Wildman–Crippen MR) is 135 cm³/mol. The van der Waals surface area contributed by atoms with Crippen LogP contribution in [0.15, 0.2) is 90.5 Å². The molecular formula is C28H21N3O4. The Hall–Kier alpha value is -4.96. The lowest BCUT2D eigenvalue weighted by Crippen LogP contribution is -2.13. The number of hydrogen-bond acceptors (Lipinski definition) is 5. The largest absolute Gasteiger partial charge is 0.488 e. The number of anilines is 1. The number of nitrogens with one attached hydrogen (secondary N) is 1. The second-order valence-electron chi connectivity index (χ2n) is 7.90. The fourth-order valence-electron chi connectivity index (χ4n) is 3.60. The van der Waals surface area contributed by atoms with E-state index in [-0.39, 0.29) is 17.9 Å². The maximum atomic E-state index is 12.9. The van der Waals surface area contributed by atoms with Gasteiger partial charge in [-0.15, -0.1) is 0 Å². The van der Waals surface area contributed by atoms with Gasteiger partial charge in [0.1, 0.15) is 24.0 Å². The fourth-order valence-corrected chi connectivity index (χ4v) is 3.60. The van der Waals surface area contributed by atoms with Crippen molar-refractivity contribution in [3.05, 3.63) is 117 Å². The minimum absolute atomic E-state index is 0.0238. The highest BCUT2D eigenvalue weighted by Crippen LogP contribution is 2.31. The van der Waals surface area contributed by atoms with Gasteiger partial charge in [-0.3, -0.25) is 14.9 Å². The highest BCUT2D eigenvalue weighted by atomic mass is 16.6. The Labute approximate surface area is 202 Å². The summed E-state index contributed by atoms with van der Waals surface area (Å²) in [7, 11) is 0. The SMILES string of the molecule is Cc1ccc(NC(=O)/C(C#N)=C/c2c(OCc3cccc([N+](=O)[O-])c3)ccc3ccccc23)cc1. The van der Waals surface area contributed by atoms with Crippen LogP contribution in [0.2, 0.25) is 0 Å². The molecular weight excluding hydrogens is 442 g/mol. The zero-order valence-corrected chi connectivity index (χ0v) is 18.9. The highest BCUT2D eigenvalue weighted by Gasteiger charge is 2.14. The molecule has 7 heteroatoms. The molecule has 7 nitrogen and oxygen atoms in total. The summed E-state index contributed by atoms with van der Waals surface area (Å²) in [4.78, 5) is 23.5. The van der Waals surface area contributed by atoms with Crippen LogP contribution in [-0.2, 0) is 11.4 Å². The molecule has 0 heterocycles. The van der Waals surface area contributed by atoms with Crippen LogP contribution in [0.1, 0.15) is 16.7 Å². The Bertz CT molecular complexity index is 1480. The normalized spacial score (nSPS) is 11.0. The van der Waals surface area contributed by atoms with Gasteiger partial charge in [-0.05, 0) is 47.5 Å². The van der Waals surface area contributed by atoms with Crippen LogP contribution in [0.3, 0.4) is 0 Å². The van der Waals surface area contributed by atoms with Gasteiger partial charge in [0, 0.05) is 23.4 Å². The van der Waals surface area contributed by atoms with Crippen molar-refractivity contribution in [3.8, 4) is 11.8 Å². The van der Waals surface area contributed by atoms with Crippen LogP contribution in [0.4, 0.5) is 11.4 Å². The standard InChI is InChI=1S/C28H21N3O4/c1-19-9-12-23(13-10-19)30-28(32)22(17-29)16-26-25-8-3-2-6-21(25)11-14-27(26)35-18-20-5-4-7-24(15-20)31(33)34/h2-16H,18H2,1H3,(H,30,32)/b22-16+. The average molecular weight is 463 g/mol. The number of fused-ring (bicyclic) bond motifs is 1. The fraction of sp³-hybridized carbons (Fsp3) is 0.0714. The van der Waals surface area contributed by atoms with Gasteiger partial charge in [0.05, 0.1) is 4.92 Å². The van der Waals surface area contributed by atoms with E-state index in [1.807, 2.05) is 55.5 Å². The Morgan fingerprint density at radius 3 is 2.57 bits per heavy atom. The topological polar surface area (TPSA) is 105 Å². The number of nitro benzene ring substituents is 1. The second-order valence-corrected chi connectivity index (χ2v) is 7.90. The van der Waals surface area contributed by atoms with Gasteiger partial charge < -0.3 is 10.1 Å². The maximum absolute atomic E-state index is 12.9. The first kappa shape index (κ1) is 23.2. The van der Waals surface area contributed by atoms with Crippen molar-refractivity contribution in [3.63, 3.8) is 0 Å². The van der Waals surface area contributed by atoms with Gasteiger partial charge in [0.2, 0.25) is 0 Å². The summed E-state index contributed by atoms with van der Waals surface area (Å²) in [6.07, 6.45) is 1.51. The van der Waals surface area contributed by atoms with E-state index in [4.69, 9.17) is 4.74 Å². The highest BCUT2D eigenvalue weighted by molar-refractivity contribution is 6.11. The van der Waals surface area contributed by atoms with Crippen molar-refractivity contribution in [2.45, 2.75) is 13.5 Å². The molecule has 0 spiro atoms. The number of amides is 1. The van der Waals surface area contributed by atoms with Crippen molar-refractivity contribution < 1.29 is 14.5 Å². The summed E-state index contributed by atoms with van der Waals surface area (Å²) in [6, 6.07) is 26.7. The lowest BCUT2D eigenvalue weighted by atomic mass is 10.0. The summed E-state index contributed by atoms with van der Waals surface area (Å²) in [6.45, 7) is 2.03. The third-order valence-corrected chi connectivity index (χ3v) is 5.41. The van der Waals surface area contributed by atoms with Crippen LogP contribution in [-0.4, -0.2) is 10.8 Å². The summed E-state index contributed by atoms with van der Waals surface area (Å²) < 4.78 is 6.01. The zero-order valence-electron chi connectivity index (χ0n) is 18.9.